The Labute approximate surface area is 132 Å². The Kier molecular flexibility index (Phi) is 3.83. The molecule has 0 radical (unpaired) electrons. The predicted octanol–water partition coefficient (Wildman–Crippen LogP) is 1.47. The highest BCUT2D eigenvalue weighted by Gasteiger charge is 2.44. The van der Waals surface area contributed by atoms with Gasteiger partial charge in [-0.05, 0) is 37.5 Å². The SMILES string of the molecule is COC1(C(=O)Nc2cccc(-n3cc(C(=O)O)nn3)c2)CCC1. The highest BCUT2D eigenvalue weighted by atomic mass is 16.5. The molecule has 0 saturated heterocycles. The Morgan fingerprint density at radius 3 is 2.74 bits per heavy atom. The molecule has 0 bridgehead atoms. The number of aromatic nitrogens is 3. The molecular formula is C15H16N4O4. The maximum atomic E-state index is 12.3. The van der Waals surface area contributed by atoms with Crippen molar-refractivity contribution < 1.29 is 19.4 Å². The number of hydrogen-bond acceptors (Lipinski definition) is 5. The van der Waals surface area contributed by atoms with Crippen molar-refractivity contribution in [3.8, 4) is 5.69 Å². The number of amides is 1. The van der Waals surface area contributed by atoms with Crippen LogP contribution in [-0.2, 0) is 9.53 Å². The number of carbonyl (C=O) groups excluding carboxylic acids is 1. The van der Waals surface area contributed by atoms with E-state index >= 15 is 0 Å². The van der Waals surface area contributed by atoms with Gasteiger partial charge in [0.1, 0.15) is 5.60 Å². The first-order valence-electron chi connectivity index (χ1n) is 7.17. The van der Waals surface area contributed by atoms with Crippen LogP contribution in [0.4, 0.5) is 5.69 Å². The van der Waals surface area contributed by atoms with Crippen LogP contribution in [0.3, 0.4) is 0 Å². The Hall–Kier alpha value is -2.74. The van der Waals surface area contributed by atoms with E-state index in [2.05, 4.69) is 15.6 Å². The van der Waals surface area contributed by atoms with Crippen LogP contribution in [0.2, 0.25) is 0 Å². The van der Waals surface area contributed by atoms with Crippen molar-refractivity contribution in [1.82, 2.24) is 15.0 Å². The van der Waals surface area contributed by atoms with Crippen LogP contribution in [0, 0.1) is 0 Å². The van der Waals surface area contributed by atoms with Gasteiger partial charge in [-0.2, -0.15) is 0 Å². The number of carbonyl (C=O) groups is 2. The van der Waals surface area contributed by atoms with Crippen LogP contribution in [0.25, 0.3) is 5.69 Å². The minimum Gasteiger partial charge on any atom is -0.476 e. The summed E-state index contributed by atoms with van der Waals surface area (Å²) < 4.78 is 6.69. The van der Waals surface area contributed by atoms with Gasteiger partial charge in [0.15, 0.2) is 5.69 Å². The monoisotopic (exact) mass is 316 g/mol. The summed E-state index contributed by atoms with van der Waals surface area (Å²) in [6.45, 7) is 0. The van der Waals surface area contributed by atoms with Gasteiger partial charge in [0.25, 0.3) is 5.91 Å². The quantitative estimate of drug-likeness (QED) is 0.865. The zero-order valence-electron chi connectivity index (χ0n) is 12.5. The van der Waals surface area contributed by atoms with E-state index < -0.39 is 11.6 Å². The van der Waals surface area contributed by atoms with Crippen LogP contribution in [0.15, 0.2) is 30.5 Å². The maximum absolute atomic E-state index is 12.3. The Balaban J connectivity index is 1.79. The zero-order valence-corrected chi connectivity index (χ0v) is 12.5. The summed E-state index contributed by atoms with van der Waals surface area (Å²) in [5.41, 5.74) is 0.304. The van der Waals surface area contributed by atoms with Gasteiger partial charge < -0.3 is 15.2 Å². The van der Waals surface area contributed by atoms with E-state index in [1.54, 1.807) is 24.3 Å². The van der Waals surface area contributed by atoms with Gasteiger partial charge in [0, 0.05) is 12.8 Å². The fourth-order valence-corrected chi connectivity index (χ4v) is 2.48. The van der Waals surface area contributed by atoms with Crippen LogP contribution in [-0.4, -0.2) is 44.7 Å². The Morgan fingerprint density at radius 2 is 2.17 bits per heavy atom. The second kappa shape index (κ2) is 5.81. The second-order valence-corrected chi connectivity index (χ2v) is 5.41. The summed E-state index contributed by atoms with van der Waals surface area (Å²) >= 11 is 0. The molecule has 1 aromatic heterocycles. The number of methoxy groups -OCH3 is 1. The summed E-state index contributed by atoms with van der Waals surface area (Å²) in [5.74, 6) is -1.32. The average Bonchev–Trinajstić information content (AvgIpc) is 2.97. The van der Waals surface area contributed by atoms with E-state index in [0.717, 1.165) is 6.42 Å². The topological polar surface area (TPSA) is 106 Å². The number of hydrogen-bond donors (Lipinski definition) is 2. The van der Waals surface area contributed by atoms with E-state index in [1.807, 2.05) is 0 Å². The van der Waals surface area contributed by atoms with Crippen LogP contribution in [0.5, 0.6) is 0 Å². The van der Waals surface area contributed by atoms with Gasteiger partial charge >= 0.3 is 5.97 Å². The molecule has 2 N–H and O–H groups in total. The summed E-state index contributed by atoms with van der Waals surface area (Å²) in [5, 5.41) is 19.0. The molecule has 1 aliphatic carbocycles. The molecule has 1 heterocycles. The standard InChI is InChI=1S/C15H16N4O4/c1-23-15(6-3-7-15)14(22)16-10-4-2-5-11(8-10)19-9-12(13(20)21)17-18-19/h2,4-5,8-9H,3,6-7H2,1H3,(H,16,22)(H,20,21). The van der Waals surface area contributed by atoms with E-state index in [9.17, 15) is 9.59 Å². The molecule has 1 saturated carbocycles. The number of nitrogens with one attached hydrogen (secondary N) is 1. The molecule has 8 heteroatoms. The lowest BCUT2D eigenvalue weighted by Crippen LogP contribution is -2.50. The summed E-state index contributed by atoms with van der Waals surface area (Å²) in [4.78, 5) is 23.2. The highest BCUT2D eigenvalue weighted by molar-refractivity contribution is 5.98. The van der Waals surface area contributed by atoms with E-state index in [-0.39, 0.29) is 11.6 Å². The molecule has 2 aromatic rings. The molecule has 0 atom stereocenters. The van der Waals surface area contributed by atoms with Crippen LogP contribution >= 0.6 is 0 Å². The van der Waals surface area contributed by atoms with Crippen LogP contribution < -0.4 is 5.32 Å². The second-order valence-electron chi connectivity index (χ2n) is 5.41. The number of aromatic carboxylic acids is 1. The Morgan fingerprint density at radius 1 is 1.39 bits per heavy atom. The first kappa shape index (κ1) is 15.2. The molecule has 1 fully saturated rings. The number of carboxylic acid groups (broad SMARTS) is 1. The number of nitrogens with zero attached hydrogens (tertiary/aromatic N) is 3. The molecule has 8 nitrogen and oxygen atoms in total. The van der Waals surface area contributed by atoms with Crippen molar-refractivity contribution in [1.29, 1.82) is 0 Å². The number of rotatable bonds is 5. The van der Waals surface area contributed by atoms with Gasteiger partial charge in [-0.3, -0.25) is 4.79 Å². The van der Waals surface area contributed by atoms with Crippen molar-refractivity contribution in [3.05, 3.63) is 36.2 Å². The number of carboxylic acids is 1. The third-order valence-corrected chi connectivity index (χ3v) is 4.05. The minimum absolute atomic E-state index is 0.146. The molecule has 0 aliphatic heterocycles. The normalized spacial score (nSPS) is 15.7. The number of anilines is 1. The van der Waals surface area contributed by atoms with E-state index in [4.69, 9.17) is 9.84 Å². The van der Waals surface area contributed by atoms with Gasteiger partial charge in [-0.15, -0.1) is 5.10 Å². The predicted molar refractivity (Wildman–Crippen MR) is 80.5 cm³/mol. The van der Waals surface area contributed by atoms with Gasteiger partial charge in [-0.25, -0.2) is 9.48 Å². The first-order valence-corrected chi connectivity index (χ1v) is 7.17. The van der Waals surface area contributed by atoms with Gasteiger partial charge in [0.05, 0.1) is 11.9 Å². The molecule has 23 heavy (non-hydrogen) atoms. The van der Waals surface area contributed by atoms with E-state index in [0.29, 0.717) is 24.2 Å². The fraction of sp³-hybridized carbons (Fsp3) is 0.333. The first-order chi connectivity index (χ1) is 11.0. The van der Waals surface area contributed by atoms with Gasteiger partial charge in [0.2, 0.25) is 0 Å². The van der Waals surface area contributed by atoms with Crippen molar-refractivity contribution in [2.24, 2.45) is 0 Å². The highest BCUT2D eigenvalue weighted by Crippen LogP contribution is 2.36. The van der Waals surface area contributed by atoms with Crippen molar-refractivity contribution in [2.75, 3.05) is 12.4 Å². The van der Waals surface area contributed by atoms with Crippen molar-refractivity contribution in [3.63, 3.8) is 0 Å². The molecule has 0 spiro atoms. The molecule has 1 amide bonds. The third-order valence-electron chi connectivity index (χ3n) is 4.05. The summed E-state index contributed by atoms with van der Waals surface area (Å²) in [6.07, 6.45) is 3.70. The van der Waals surface area contributed by atoms with Crippen molar-refractivity contribution >= 4 is 17.6 Å². The molecule has 0 unspecified atom stereocenters. The van der Waals surface area contributed by atoms with Crippen LogP contribution in [0.1, 0.15) is 29.8 Å². The lowest BCUT2D eigenvalue weighted by Gasteiger charge is -2.38. The largest absolute Gasteiger partial charge is 0.476 e. The fourth-order valence-electron chi connectivity index (χ4n) is 2.48. The smallest absolute Gasteiger partial charge is 0.358 e. The molecule has 120 valence electrons. The van der Waals surface area contributed by atoms with Gasteiger partial charge in [-0.1, -0.05) is 11.3 Å². The maximum Gasteiger partial charge on any atom is 0.358 e. The zero-order chi connectivity index (χ0) is 16.4. The number of ether oxygens (including phenoxy) is 1. The lowest BCUT2D eigenvalue weighted by molar-refractivity contribution is -0.148. The molecule has 1 aromatic carbocycles. The summed E-state index contributed by atoms with van der Waals surface area (Å²) in [7, 11) is 1.54. The minimum atomic E-state index is -1.15. The van der Waals surface area contributed by atoms with Crippen molar-refractivity contribution in [2.45, 2.75) is 24.9 Å². The molecule has 3 rings (SSSR count). The molecule has 1 aliphatic rings. The van der Waals surface area contributed by atoms with E-state index in [1.165, 1.54) is 18.0 Å². The molecular weight excluding hydrogens is 300 g/mol. The average molecular weight is 316 g/mol. The Bertz CT molecular complexity index is 746. The number of benzene rings is 1. The summed E-state index contributed by atoms with van der Waals surface area (Å²) in [6, 6.07) is 6.93. The lowest BCUT2D eigenvalue weighted by atomic mass is 9.79. The third kappa shape index (κ3) is 2.80.